The highest BCUT2D eigenvalue weighted by atomic mass is 19.1. The number of fused-ring (bicyclic) bond motifs is 1. The summed E-state index contributed by atoms with van der Waals surface area (Å²) < 4.78 is 13.0. The molecule has 0 radical (unpaired) electrons. The fourth-order valence-electron chi connectivity index (χ4n) is 2.31. The Morgan fingerprint density at radius 2 is 1.74 bits per heavy atom. The van der Waals surface area contributed by atoms with E-state index in [0.29, 0.717) is 0 Å². The molecule has 3 rings (SSSR count). The largest absolute Gasteiger partial charge is 0.218 e. The van der Waals surface area contributed by atoms with Crippen molar-refractivity contribution in [2.24, 2.45) is 0 Å². The number of halogens is 1. The van der Waals surface area contributed by atoms with E-state index in [1.807, 2.05) is 30.5 Å². The van der Waals surface area contributed by atoms with Crippen molar-refractivity contribution < 1.29 is 9.37 Å². The molecule has 1 heterocycles. The highest BCUT2D eigenvalue weighted by Gasteiger charge is 2.11. The SMILES string of the molecule is C=Cc1cccc2c(-c3ccc(F)cc3)[nH+]ccc12. The molecule has 0 fully saturated rings. The molecule has 1 nitrogen and oxygen atoms in total. The minimum atomic E-state index is -0.226. The molecule has 0 saturated carbocycles. The van der Waals surface area contributed by atoms with Gasteiger partial charge in [-0.1, -0.05) is 24.8 Å². The highest BCUT2D eigenvalue weighted by molar-refractivity contribution is 5.97. The van der Waals surface area contributed by atoms with Gasteiger partial charge in [-0.25, -0.2) is 9.37 Å². The molecule has 2 aromatic carbocycles. The van der Waals surface area contributed by atoms with Crippen LogP contribution in [-0.2, 0) is 0 Å². The van der Waals surface area contributed by atoms with Gasteiger partial charge in [0.1, 0.15) is 5.82 Å². The number of benzene rings is 2. The Morgan fingerprint density at radius 1 is 0.947 bits per heavy atom. The molecule has 19 heavy (non-hydrogen) atoms. The summed E-state index contributed by atoms with van der Waals surface area (Å²) in [5, 5.41) is 2.24. The van der Waals surface area contributed by atoms with Crippen LogP contribution >= 0.6 is 0 Å². The third-order valence-electron chi connectivity index (χ3n) is 3.24. The molecule has 0 saturated heterocycles. The van der Waals surface area contributed by atoms with Crippen LogP contribution in [0.4, 0.5) is 4.39 Å². The first-order valence-electron chi connectivity index (χ1n) is 6.11. The Morgan fingerprint density at radius 3 is 2.47 bits per heavy atom. The van der Waals surface area contributed by atoms with E-state index >= 15 is 0 Å². The van der Waals surface area contributed by atoms with Crippen LogP contribution in [0, 0.1) is 5.82 Å². The van der Waals surface area contributed by atoms with Crippen LogP contribution in [0.2, 0.25) is 0 Å². The standard InChI is InChI=1S/C17H12FN/c1-2-12-4-3-5-16-15(12)10-11-19-17(16)13-6-8-14(18)9-7-13/h2-11H,1H2/p+1. The molecule has 0 amide bonds. The van der Waals surface area contributed by atoms with Crippen molar-refractivity contribution in [1.82, 2.24) is 0 Å². The Labute approximate surface area is 111 Å². The average molecular weight is 250 g/mol. The van der Waals surface area contributed by atoms with Gasteiger partial charge in [0.05, 0.1) is 5.39 Å². The first kappa shape index (κ1) is 11.6. The van der Waals surface area contributed by atoms with Crippen molar-refractivity contribution >= 4 is 16.8 Å². The van der Waals surface area contributed by atoms with Crippen molar-refractivity contribution in [1.29, 1.82) is 0 Å². The van der Waals surface area contributed by atoms with E-state index in [9.17, 15) is 4.39 Å². The molecule has 0 aliphatic rings. The van der Waals surface area contributed by atoms with E-state index in [1.54, 1.807) is 12.1 Å². The molecule has 2 heteroatoms. The molecule has 0 unspecified atom stereocenters. The maximum Gasteiger partial charge on any atom is 0.218 e. The van der Waals surface area contributed by atoms with Gasteiger partial charge in [-0.3, -0.25) is 0 Å². The zero-order valence-corrected chi connectivity index (χ0v) is 10.4. The minimum Gasteiger partial charge on any atom is -0.211 e. The Hall–Kier alpha value is -2.48. The van der Waals surface area contributed by atoms with Gasteiger partial charge in [0.2, 0.25) is 5.69 Å². The van der Waals surface area contributed by atoms with E-state index < -0.39 is 0 Å². The normalized spacial score (nSPS) is 10.6. The van der Waals surface area contributed by atoms with Crippen LogP contribution in [-0.4, -0.2) is 0 Å². The number of H-pyrrole nitrogens is 1. The Balaban J connectivity index is 2.30. The summed E-state index contributed by atoms with van der Waals surface area (Å²) in [7, 11) is 0. The second kappa shape index (κ2) is 4.65. The molecular formula is C17H13FN+. The predicted octanol–water partition coefficient (Wildman–Crippen LogP) is 4.10. The van der Waals surface area contributed by atoms with Crippen LogP contribution in [0.25, 0.3) is 28.1 Å². The van der Waals surface area contributed by atoms with Crippen LogP contribution < -0.4 is 4.98 Å². The van der Waals surface area contributed by atoms with Gasteiger partial charge in [0, 0.05) is 17.0 Å². The van der Waals surface area contributed by atoms with Crippen molar-refractivity contribution in [3.8, 4) is 11.3 Å². The van der Waals surface area contributed by atoms with Gasteiger partial charge in [0.15, 0.2) is 6.20 Å². The Bertz CT molecular complexity index is 745. The number of rotatable bonds is 2. The van der Waals surface area contributed by atoms with E-state index in [0.717, 1.165) is 27.6 Å². The van der Waals surface area contributed by atoms with Crippen molar-refractivity contribution in [3.05, 3.63) is 72.7 Å². The van der Waals surface area contributed by atoms with Crippen LogP contribution in [0.15, 0.2) is 61.3 Å². The predicted molar refractivity (Wildman–Crippen MR) is 76.0 cm³/mol. The van der Waals surface area contributed by atoms with Gasteiger partial charge in [-0.05, 0) is 35.9 Å². The third-order valence-corrected chi connectivity index (χ3v) is 3.24. The molecule has 92 valence electrons. The maximum absolute atomic E-state index is 13.0. The fraction of sp³-hybridized carbons (Fsp3) is 0. The van der Waals surface area contributed by atoms with E-state index in [-0.39, 0.29) is 5.82 Å². The molecule has 0 bridgehead atoms. The highest BCUT2D eigenvalue weighted by Crippen LogP contribution is 2.27. The number of nitrogens with one attached hydrogen (secondary N) is 1. The monoisotopic (exact) mass is 250 g/mol. The zero-order chi connectivity index (χ0) is 13.2. The van der Waals surface area contributed by atoms with Crippen molar-refractivity contribution in [2.45, 2.75) is 0 Å². The summed E-state index contributed by atoms with van der Waals surface area (Å²) in [5.41, 5.74) is 3.05. The molecule has 3 aromatic rings. The van der Waals surface area contributed by atoms with Crippen molar-refractivity contribution in [2.75, 3.05) is 0 Å². The molecular weight excluding hydrogens is 237 g/mol. The summed E-state index contributed by atoms with van der Waals surface area (Å²) in [4.78, 5) is 3.24. The molecule has 1 aromatic heterocycles. The quantitative estimate of drug-likeness (QED) is 0.650. The lowest BCUT2D eigenvalue weighted by molar-refractivity contribution is -0.362. The van der Waals surface area contributed by atoms with Crippen LogP contribution in [0.3, 0.4) is 0 Å². The summed E-state index contributed by atoms with van der Waals surface area (Å²) in [6, 6.07) is 14.6. The first-order chi connectivity index (χ1) is 9.29. The number of hydrogen-bond donors (Lipinski definition) is 0. The molecule has 0 spiro atoms. The molecule has 0 atom stereocenters. The lowest BCUT2D eigenvalue weighted by Crippen LogP contribution is -2.06. The van der Waals surface area contributed by atoms with Crippen LogP contribution in [0.5, 0.6) is 0 Å². The molecule has 0 aliphatic heterocycles. The summed E-state index contributed by atoms with van der Waals surface area (Å²) >= 11 is 0. The van der Waals surface area contributed by atoms with Gasteiger partial charge in [-0.15, -0.1) is 0 Å². The van der Waals surface area contributed by atoms with E-state index in [4.69, 9.17) is 0 Å². The zero-order valence-electron chi connectivity index (χ0n) is 10.4. The number of aromatic amines is 1. The number of pyridine rings is 1. The lowest BCUT2D eigenvalue weighted by Gasteiger charge is -2.03. The second-order valence-electron chi connectivity index (χ2n) is 4.37. The number of hydrogen-bond acceptors (Lipinski definition) is 0. The molecule has 0 aliphatic carbocycles. The number of aromatic nitrogens is 1. The van der Waals surface area contributed by atoms with E-state index in [2.05, 4.69) is 17.6 Å². The van der Waals surface area contributed by atoms with Gasteiger partial charge in [0.25, 0.3) is 0 Å². The summed E-state index contributed by atoms with van der Waals surface area (Å²) in [6.07, 6.45) is 3.74. The fourth-order valence-corrected chi connectivity index (χ4v) is 2.31. The Kier molecular flexibility index (Phi) is 2.84. The summed E-state index contributed by atoms with van der Waals surface area (Å²) in [6.45, 7) is 3.84. The summed E-state index contributed by atoms with van der Waals surface area (Å²) in [5.74, 6) is -0.226. The lowest BCUT2D eigenvalue weighted by atomic mass is 10.0. The second-order valence-corrected chi connectivity index (χ2v) is 4.37. The maximum atomic E-state index is 13.0. The average Bonchev–Trinajstić information content (AvgIpc) is 2.47. The van der Waals surface area contributed by atoms with Gasteiger partial charge >= 0.3 is 0 Å². The minimum absolute atomic E-state index is 0.226. The van der Waals surface area contributed by atoms with Gasteiger partial charge < -0.3 is 0 Å². The van der Waals surface area contributed by atoms with Gasteiger partial charge in [-0.2, -0.15) is 0 Å². The van der Waals surface area contributed by atoms with Crippen LogP contribution in [0.1, 0.15) is 5.56 Å². The molecule has 1 N–H and O–H groups in total. The topological polar surface area (TPSA) is 14.1 Å². The first-order valence-corrected chi connectivity index (χ1v) is 6.11. The third kappa shape index (κ3) is 2.02. The van der Waals surface area contributed by atoms with Crippen molar-refractivity contribution in [3.63, 3.8) is 0 Å². The smallest absolute Gasteiger partial charge is 0.211 e. The van der Waals surface area contributed by atoms with E-state index in [1.165, 1.54) is 12.1 Å².